The molecule has 2 heterocycles. The third-order valence-corrected chi connectivity index (χ3v) is 4.12. The zero-order valence-corrected chi connectivity index (χ0v) is 13.1. The molecule has 0 unspecified atom stereocenters. The summed E-state index contributed by atoms with van der Waals surface area (Å²) in [6.07, 6.45) is 2.14. The quantitative estimate of drug-likeness (QED) is 0.765. The molecule has 8 heteroatoms. The second-order valence-corrected chi connectivity index (χ2v) is 5.92. The van der Waals surface area contributed by atoms with Crippen LogP contribution in [0.25, 0.3) is 11.1 Å². The van der Waals surface area contributed by atoms with E-state index in [9.17, 15) is 9.59 Å². The molecule has 0 saturated heterocycles. The Morgan fingerprint density at radius 3 is 3.00 bits per heavy atom. The molecule has 0 aliphatic heterocycles. The number of hydrogen-bond donors (Lipinski definition) is 1. The Morgan fingerprint density at radius 1 is 1.42 bits per heavy atom. The summed E-state index contributed by atoms with van der Waals surface area (Å²) in [5.74, 6) is 0.554. The van der Waals surface area contributed by atoms with Crippen LogP contribution in [-0.2, 0) is 11.3 Å². The molecule has 1 aliphatic carbocycles. The fourth-order valence-electron chi connectivity index (χ4n) is 2.62. The van der Waals surface area contributed by atoms with Gasteiger partial charge in [0.1, 0.15) is 6.04 Å². The Bertz CT molecular complexity index is 950. The SMILES string of the molecule is C[C@@H](C(=O)NCc1noc(C2CC2)n1)n1c(=O)oc2ccccc21. The van der Waals surface area contributed by atoms with Crippen LogP contribution >= 0.6 is 0 Å². The van der Waals surface area contributed by atoms with Gasteiger partial charge in [0.15, 0.2) is 11.4 Å². The fraction of sp³-hybridized carbons (Fsp3) is 0.375. The number of nitrogens with zero attached hydrogens (tertiary/aromatic N) is 3. The van der Waals surface area contributed by atoms with Crippen LogP contribution in [0.15, 0.2) is 38.0 Å². The highest BCUT2D eigenvalue weighted by Gasteiger charge is 2.29. The molecule has 0 spiro atoms. The number of fused-ring (bicyclic) bond motifs is 1. The molecule has 4 rings (SSSR count). The molecular weight excluding hydrogens is 312 g/mol. The molecule has 1 fully saturated rings. The van der Waals surface area contributed by atoms with Crippen molar-refractivity contribution in [1.82, 2.24) is 20.0 Å². The van der Waals surface area contributed by atoms with Crippen molar-refractivity contribution < 1.29 is 13.7 Å². The van der Waals surface area contributed by atoms with Crippen LogP contribution in [-0.4, -0.2) is 20.6 Å². The topological polar surface area (TPSA) is 103 Å². The number of aromatic nitrogens is 3. The van der Waals surface area contributed by atoms with Crippen molar-refractivity contribution in [2.24, 2.45) is 0 Å². The number of oxazole rings is 1. The summed E-state index contributed by atoms with van der Waals surface area (Å²) in [5, 5.41) is 6.58. The number of carbonyl (C=O) groups excluding carboxylic acids is 1. The summed E-state index contributed by atoms with van der Waals surface area (Å²) < 4.78 is 11.6. The summed E-state index contributed by atoms with van der Waals surface area (Å²) >= 11 is 0. The van der Waals surface area contributed by atoms with E-state index in [1.165, 1.54) is 4.57 Å². The van der Waals surface area contributed by atoms with Gasteiger partial charge in [-0.1, -0.05) is 17.3 Å². The van der Waals surface area contributed by atoms with Gasteiger partial charge in [-0.25, -0.2) is 4.79 Å². The van der Waals surface area contributed by atoms with Crippen LogP contribution in [0.2, 0.25) is 0 Å². The number of amides is 1. The molecule has 1 amide bonds. The zero-order valence-electron chi connectivity index (χ0n) is 13.1. The van der Waals surface area contributed by atoms with Gasteiger partial charge in [0, 0.05) is 5.92 Å². The predicted octanol–water partition coefficient (Wildman–Crippen LogP) is 1.73. The van der Waals surface area contributed by atoms with Crippen molar-refractivity contribution in [2.75, 3.05) is 0 Å². The summed E-state index contributed by atoms with van der Waals surface area (Å²) in [5.41, 5.74) is 1.04. The van der Waals surface area contributed by atoms with Gasteiger partial charge >= 0.3 is 5.76 Å². The maximum absolute atomic E-state index is 12.4. The number of hydrogen-bond acceptors (Lipinski definition) is 6. The molecule has 1 atom stereocenters. The fourth-order valence-corrected chi connectivity index (χ4v) is 2.62. The average molecular weight is 328 g/mol. The number of nitrogens with one attached hydrogen (secondary N) is 1. The molecule has 3 aromatic rings. The monoisotopic (exact) mass is 328 g/mol. The van der Waals surface area contributed by atoms with E-state index in [0.29, 0.717) is 28.7 Å². The highest BCUT2D eigenvalue weighted by molar-refractivity contribution is 5.82. The average Bonchev–Trinajstić information content (AvgIpc) is 3.23. The number of rotatable bonds is 5. The first-order chi connectivity index (χ1) is 11.6. The maximum atomic E-state index is 12.4. The number of carbonyl (C=O) groups is 1. The van der Waals surface area contributed by atoms with Gasteiger partial charge in [0.05, 0.1) is 12.1 Å². The smallest absolute Gasteiger partial charge is 0.408 e. The third-order valence-electron chi connectivity index (χ3n) is 4.12. The Hall–Kier alpha value is -2.90. The molecular formula is C16H16N4O4. The van der Waals surface area contributed by atoms with Crippen LogP contribution in [0, 0.1) is 0 Å². The first kappa shape index (κ1) is 14.7. The summed E-state index contributed by atoms with van der Waals surface area (Å²) in [4.78, 5) is 28.6. The zero-order chi connectivity index (χ0) is 16.7. The summed E-state index contributed by atoms with van der Waals surface area (Å²) in [6, 6.07) is 6.28. The molecule has 124 valence electrons. The van der Waals surface area contributed by atoms with Gasteiger partial charge in [-0.2, -0.15) is 4.98 Å². The molecule has 0 radical (unpaired) electrons. The first-order valence-electron chi connectivity index (χ1n) is 7.84. The molecule has 24 heavy (non-hydrogen) atoms. The van der Waals surface area contributed by atoms with Crippen LogP contribution in [0.4, 0.5) is 0 Å². The Balaban J connectivity index is 1.48. The summed E-state index contributed by atoms with van der Waals surface area (Å²) in [7, 11) is 0. The lowest BCUT2D eigenvalue weighted by Crippen LogP contribution is -2.34. The van der Waals surface area contributed by atoms with Crippen molar-refractivity contribution in [3.63, 3.8) is 0 Å². The van der Waals surface area contributed by atoms with Crippen molar-refractivity contribution in [3.8, 4) is 0 Å². The Labute approximate surface area is 136 Å². The van der Waals surface area contributed by atoms with Crippen molar-refractivity contribution in [2.45, 2.75) is 38.3 Å². The molecule has 1 saturated carbocycles. The lowest BCUT2D eigenvalue weighted by Gasteiger charge is -2.12. The Kier molecular flexibility index (Phi) is 3.44. The highest BCUT2D eigenvalue weighted by Crippen LogP contribution is 2.38. The van der Waals surface area contributed by atoms with Gasteiger partial charge in [0.2, 0.25) is 11.8 Å². The van der Waals surface area contributed by atoms with Gasteiger partial charge < -0.3 is 14.3 Å². The molecule has 2 aromatic heterocycles. The van der Waals surface area contributed by atoms with Gasteiger partial charge in [-0.3, -0.25) is 9.36 Å². The van der Waals surface area contributed by atoms with E-state index < -0.39 is 11.8 Å². The van der Waals surface area contributed by atoms with Gasteiger partial charge in [-0.15, -0.1) is 0 Å². The molecule has 1 N–H and O–H groups in total. The van der Waals surface area contributed by atoms with E-state index in [1.807, 2.05) is 0 Å². The number of benzene rings is 1. The third kappa shape index (κ3) is 2.60. The van der Waals surface area contributed by atoms with Crippen LogP contribution in [0.3, 0.4) is 0 Å². The first-order valence-corrected chi connectivity index (χ1v) is 7.84. The molecule has 0 bridgehead atoms. The van der Waals surface area contributed by atoms with Crippen molar-refractivity contribution >= 4 is 17.0 Å². The van der Waals surface area contributed by atoms with E-state index in [-0.39, 0.29) is 12.5 Å². The predicted molar refractivity (Wildman–Crippen MR) is 83.3 cm³/mol. The highest BCUT2D eigenvalue weighted by atomic mass is 16.5. The maximum Gasteiger partial charge on any atom is 0.420 e. The van der Waals surface area contributed by atoms with Crippen LogP contribution in [0.1, 0.15) is 43.4 Å². The standard InChI is InChI=1S/C16H16N4O4/c1-9(20-11-4-2-3-5-12(11)23-16(20)22)14(21)17-8-13-18-15(24-19-13)10-6-7-10/h2-5,9-10H,6-8H2,1H3,(H,17,21)/t9-/m0/s1. The molecule has 1 aromatic carbocycles. The summed E-state index contributed by atoms with van der Waals surface area (Å²) in [6.45, 7) is 1.80. The van der Waals surface area contributed by atoms with Gasteiger partial charge in [0.25, 0.3) is 0 Å². The molecule has 8 nitrogen and oxygen atoms in total. The number of para-hydroxylation sites is 2. The minimum absolute atomic E-state index is 0.157. The van der Waals surface area contributed by atoms with E-state index >= 15 is 0 Å². The van der Waals surface area contributed by atoms with E-state index in [2.05, 4.69) is 15.5 Å². The lowest BCUT2D eigenvalue weighted by atomic mass is 10.2. The van der Waals surface area contributed by atoms with Crippen LogP contribution < -0.4 is 11.1 Å². The van der Waals surface area contributed by atoms with Gasteiger partial charge in [-0.05, 0) is 31.9 Å². The second kappa shape index (κ2) is 5.63. The van der Waals surface area contributed by atoms with Crippen LogP contribution in [0.5, 0.6) is 0 Å². The normalized spacial score (nSPS) is 15.5. The van der Waals surface area contributed by atoms with E-state index in [0.717, 1.165) is 12.8 Å². The second-order valence-electron chi connectivity index (χ2n) is 5.92. The largest absolute Gasteiger partial charge is 0.420 e. The van der Waals surface area contributed by atoms with Crippen molar-refractivity contribution in [3.05, 3.63) is 46.5 Å². The van der Waals surface area contributed by atoms with Crippen molar-refractivity contribution in [1.29, 1.82) is 0 Å². The van der Waals surface area contributed by atoms with E-state index in [1.54, 1.807) is 31.2 Å². The minimum Gasteiger partial charge on any atom is -0.408 e. The molecule has 1 aliphatic rings. The lowest BCUT2D eigenvalue weighted by molar-refractivity contribution is -0.124. The minimum atomic E-state index is -0.712. The van der Waals surface area contributed by atoms with E-state index in [4.69, 9.17) is 8.94 Å². The Morgan fingerprint density at radius 2 is 2.21 bits per heavy atom.